The van der Waals surface area contributed by atoms with Crippen molar-refractivity contribution < 1.29 is 9.53 Å². The normalized spacial score (nSPS) is 20.4. The van der Waals surface area contributed by atoms with Crippen LogP contribution >= 0.6 is 15.9 Å². The van der Waals surface area contributed by atoms with E-state index in [9.17, 15) is 4.79 Å². The molecule has 0 radical (unpaired) electrons. The van der Waals surface area contributed by atoms with Crippen LogP contribution in [0.4, 0.5) is 0 Å². The smallest absolute Gasteiger partial charge is 0.263 e. The highest BCUT2D eigenvalue weighted by Gasteiger charge is 2.29. The van der Waals surface area contributed by atoms with Crippen molar-refractivity contribution in [3.8, 4) is 5.75 Å². The Morgan fingerprint density at radius 2 is 2.21 bits per heavy atom. The number of carbonyl (C=O) groups is 1. The number of hydrogen-bond acceptors (Lipinski definition) is 3. The summed E-state index contributed by atoms with van der Waals surface area (Å²) < 4.78 is 6.66. The van der Waals surface area contributed by atoms with Gasteiger partial charge in [0.25, 0.3) is 5.91 Å². The summed E-state index contributed by atoms with van der Waals surface area (Å²) in [6, 6.07) is 7.49. The number of benzene rings is 1. The van der Waals surface area contributed by atoms with Crippen molar-refractivity contribution in [2.24, 2.45) is 11.7 Å². The summed E-state index contributed by atoms with van der Waals surface area (Å²) in [7, 11) is 0. The number of amides is 1. The van der Waals surface area contributed by atoms with E-state index in [1.807, 2.05) is 29.2 Å². The Balaban J connectivity index is 1.91. The van der Waals surface area contributed by atoms with Crippen LogP contribution in [0.3, 0.4) is 0 Å². The van der Waals surface area contributed by atoms with Crippen LogP contribution in [0.5, 0.6) is 5.75 Å². The van der Waals surface area contributed by atoms with E-state index in [-0.39, 0.29) is 5.91 Å². The van der Waals surface area contributed by atoms with Crippen molar-refractivity contribution in [3.05, 3.63) is 28.7 Å². The van der Waals surface area contributed by atoms with Crippen molar-refractivity contribution in [2.75, 3.05) is 19.6 Å². The minimum Gasteiger partial charge on any atom is -0.481 e. The monoisotopic (exact) mass is 326 g/mol. The Labute approximate surface area is 122 Å². The Morgan fingerprint density at radius 1 is 1.53 bits per heavy atom. The second kappa shape index (κ2) is 6.39. The van der Waals surface area contributed by atoms with Crippen LogP contribution in [-0.2, 0) is 4.79 Å². The Hall–Kier alpha value is -1.07. The molecule has 2 rings (SSSR count). The second-order valence-electron chi connectivity index (χ2n) is 4.89. The van der Waals surface area contributed by atoms with Gasteiger partial charge in [-0.3, -0.25) is 4.79 Å². The number of carbonyl (C=O) groups excluding carboxylic acids is 1. The molecule has 0 aromatic heterocycles. The number of hydrogen-bond donors (Lipinski definition) is 1. The lowest BCUT2D eigenvalue weighted by Crippen LogP contribution is -2.39. The van der Waals surface area contributed by atoms with Crippen LogP contribution in [0.1, 0.15) is 13.3 Å². The van der Waals surface area contributed by atoms with Gasteiger partial charge in [-0.2, -0.15) is 0 Å². The molecule has 2 N–H and O–H groups in total. The van der Waals surface area contributed by atoms with Crippen LogP contribution in [0.15, 0.2) is 28.7 Å². The summed E-state index contributed by atoms with van der Waals surface area (Å²) in [5, 5.41) is 0. The molecule has 1 heterocycles. The molecule has 5 heteroatoms. The topological polar surface area (TPSA) is 55.6 Å². The lowest BCUT2D eigenvalue weighted by atomic mass is 10.1. The number of ether oxygens (including phenoxy) is 1. The third kappa shape index (κ3) is 3.70. The van der Waals surface area contributed by atoms with Gasteiger partial charge in [0.1, 0.15) is 5.75 Å². The van der Waals surface area contributed by atoms with E-state index in [1.54, 1.807) is 6.92 Å². The molecule has 2 atom stereocenters. The number of likely N-dealkylation sites (tertiary alicyclic amines) is 1. The molecule has 1 saturated heterocycles. The fraction of sp³-hybridized carbons (Fsp3) is 0.500. The van der Waals surface area contributed by atoms with Crippen molar-refractivity contribution >= 4 is 21.8 Å². The molecular weight excluding hydrogens is 308 g/mol. The van der Waals surface area contributed by atoms with Gasteiger partial charge in [-0.25, -0.2) is 0 Å². The third-order valence-corrected chi connectivity index (χ3v) is 3.93. The molecule has 1 aliphatic rings. The molecule has 1 amide bonds. The van der Waals surface area contributed by atoms with E-state index in [0.29, 0.717) is 18.2 Å². The molecule has 0 aliphatic carbocycles. The van der Waals surface area contributed by atoms with Gasteiger partial charge in [0.05, 0.1) is 0 Å². The van der Waals surface area contributed by atoms with E-state index < -0.39 is 6.10 Å². The molecule has 1 aliphatic heterocycles. The quantitative estimate of drug-likeness (QED) is 0.921. The molecule has 0 spiro atoms. The highest BCUT2D eigenvalue weighted by molar-refractivity contribution is 9.10. The van der Waals surface area contributed by atoms with E-state index >= 15 is 0 Å². The van der Waals surface area contributed by atoms with Crippen molar-refractivity contribution in [1.82, 2.24) is 4.90 Å². The van der Waals surface area contributed by atoms with Crippen LogP contribution in [0.25, 0.3) is 0 Å². The Morgan fingerprint density at radius 3 is 2.79 bits per heavy atom. The molecule has 104 valence electrons. The summed E-state index contributed by atoms with van der Waals surface area (Å²) in [4.78, 5) is 14.1. The lowest BCUT2D eigenvalue weighted by Gasteiger charge is -2.21. The van der Waals surface area contributed by atoms with Gasteiger partial charge in [0, 0.05) is 17.6 Å². The first-order chi connectivity index (χ1) is 9.10. The lowest BCUT2D eigenvalue weighted by molar-refractivity contribution is -0.136. The summed E-state index contributed by atoms with van der Waals surface area (Å²) in [5.41, 5.74) is 5.64. The fourth-order valence-electron chi connectivity index (χ4n) is 2.25. The molecule has 0 unspecified atom stereocenters. The van der Waals surface area contributed by atoms with Gasteiger partial charge in [0.15, 0.2) is 6.10 Å². The van der Waals surface area contributed by atoms with Crippen molar-refractivity contribution in [1.29, 1.82) is 0 Å². The standard InChI is InChI=1S/C14H19BrN2O2/c1-10(19-13-4-2-12(15)3-5-13)14(18)17-7-6-11(8-16)9-17/h2-5,10-11H,6-9,16H2,1H3/t10-,11-/m1/s1. The molecule has 0 saturated carbocycles. The number of rotatable bonds is 4. The molecule has 0 bridgehead atoms. The fourth-order valence-corrected chi connectivity index (χ4v) is 2.51. The number of nitrogens with zero attached hydrogens (tertiary/aromatic N) is 1. The maximum atomic E-state index is 12.2. The van der Waals surface area contributed by atoms with Gasteiger partial charge in [-0.15, -0.1) is 0 Å². The summed E-state index contributed by atoms with van der Waals surface area (Å²) in [6.07, 6.45) is 0.533. The van der Waals surface area contributed by atoms with Gasteiger partial charge < -0.3 is 15.4 Å². The van der Waals surface area contributed by atoms with E-state index in [4.69, 9.17) is 10.5 Å². The van der Waals surface area contributed by atoms with Crippen LogP contribution < -0.4 is 10.5 Å². The molecule has 1 aromatic carbocycles. The summed E-state index contributed by atoms with van der Waals surface area (Å²) in [5.74, 6) is 1.18. The van der Waals surface area contributed by atoms with Gasteiger partial charge in [0.2, 0.25) is 0 Å². The summed E-state index contributed by atoms with van der Waals surface area (Å²) >= 11 is 3.37. The zero-order chi connectivity index (χ0) is 13.8. The zero-order valence-electron chi connectivity index (χ0n) is 11.0. The first kappa shape index (κ1) is 14.3. The van der Waals surface area contributed by atoms with Crippen molar-refractivity contribution in [2.45, 2.75) is 19.4 Å². The predicted octanol–water partition coefficient (Wildman–Crippen LogP) is 2.02. The highest BCUT2D eigenvalue weighted by atomic mass is 79.9. The van der Waals surface area contributed by atoms with E-state index in [2.05, 4.69) is 15.9 Å². The highest BCUT2D eigenvalue weighted by Crippen LogP contribution is 2.20. The van der Waals surface area contributed by atoms with Crippen LogP contribution in [-0.4, -0.2) is 36.5 Å². The maximum Gasteiger partial charge on any atom is 0.263 e. The third-order valence-electron chi connectivity index (χ3n) is 3.41. The first-order valence-corrected chi connectivity index (χ1v) is 7.30. The largest absolute Gasteiger partial charge is 0.481 e. The Kier molecular flexibility index (Phi) is 4.82. The number of nitrogens with two attached hydrogens (primary N) is 1. The molecular formula is C14H19BrN2O2. The van der Waals surface area contributed by atoms with E-state index in [0.717, 1.165) is 24.0 Å². The SMILES string of the molecule is C[C@@H](Oc1ccc(Br)cc1)C(=O)N1CC[C@H](CN)C1. The minimum absolute atomic E-state index is 0.0406. The van der Waals surface area contributed by atoms with Gasteiger partial charge in [-0.05, 0) is 50.1 Å². The Bertz CT molecular complexity index is 436. The molecule has 19 heavy (non-hydrogen) atoms. The minimum atomic E-state index is -0.460. The molecule has 1 aromatic rings. The van der Waals surface area contributed by atoms with Gasteiger partial charge in [-0.1, -0.05) is 15.9 Å². The average molecular weight is 327 g/mol. The maximum absolute atomic E-state index is 12.2. The summed E-state index contributed by atoms with van der Waals surface area (Å²) in [6.45, 7) is 3.98. The molecule has 4 nitrogen and oxygen atoms in total. The molecule has 1 fully saturated rings. The predicted molar refractivity (Wildman–Crippen MR) is 78.0 cm³/mol. The zero-order valence-corrected chi connectivity index (χ0v) is 12.6. The van der Waals surface area contributed by atoms with Crippen molar-refractivity contribution in [3.63, 3.8) is 0 Å². The van der Waals surface area contributed by atoms with E-state index in [1.165, 1.54) is 0 Å². The van der Waals surface area contributed by atoms with Gasteiger partial charge >= 0.3 is 0 Å². The average Bonchev–Trinajstić information content (AvgIpc) is 2.89. The second-order valence-corrected chi connectivity index (χ2v) is 5.80. The van der Waals surface area contributed by atoms with Crippen LogP contribution in [0, 0.1) is 5.92 Å². The number of halogens is 1. The first-order valence-electron chi connectivity index (χ1n) is 6.51. The van der Waals surface area contributed by atoms with Crippen LogP contribution in [0.2, 0.25) is 0 Å².